The molecule has 20 heavy (non-hydrogen) atoms. The van der Waals surface area contributed by atoms with Crippen LogP contribution < -0.4 is 5.32 Å². The Kier molecular flexibility index (Phi) is 4.84. The van der Waals surface area contributed by atoms with Crippen LogP contribution in [0.3, 0.4) is 0 Å². The second kappa shape index (κ2) is 6.60. The number of hydrogen-bond acceptors (Lipinski definition) is 1. The summed E-state index contributed by atoms with van der Waals surface area (Å²) < 4.78 is 0. The molecular weight excluding hydrogens is 242 g/mol. The van der Waals surface area contributed by atoms with E-state index in [1.165, 1.54) is 22.4 Å². The lowest BCUT2D eigenvalue weighted by Crippen LogP contribution is -2.13. The SMILES string of the molecule is Cc1ccc(NC(CC(C)C)c2ccccc2)cc1C. The first-order chi connectivity index (χ1) is 9.56. The van der Waals surface area contributed by atoms with E-state index in [4.69, 9.17) is 0 Å². The number of hydrogen-bond donors (Lipinski definition) is 1. The highest BCUT2D eigenvalue weighted by Gasteiger charge is 2.13. The zero-order chi connectivity index (χ0) is 14.5. The van der Waals surface area contributed by atoms with Gasteiger partial charge in [-0.15, -0.1) is 0 Å². The fourth-order valence-corrected chi connectivity index (χ4v) is 2.47. The molecular formula is C19H25N. The highest BCUT2D eigenvalue weighted by molar-refractivity contribution is 5.49. The van der Waals surface area contributed by atoms with Crippen LogP contribution in [0.25, 0.3) is 0 Å². The third-order valence-electron chi connectivity index (χ3n) is 3.76. The van der Waals surface area contributed by atoms with Crippen LogP contribution in [-0.4, -0.2) is 0 Å². The average molecular weight is 267 g/mol. The molecule has 0 spiro atoms. The van der Waals surface area contributed by atoms with Crippen LogP contribution in [0, 0.1) is 19.8 Å². The van der Waals surface area contributed by atoms with Crippen LogP contribution in [0.1, 0.15) is 43.0 Å². The predicted octanol–water partition coefficient (Wildman–Crippen LogP) is 5.50. The summed E-state index contributed by atoms with van der Waals surface area (Å²) in [5.74, 6) is 0.666. The van der Waals surface area contributed by atoms with E-state index in [0.29, 0.717) is 12.0 Å². The lowest BCUT2D eigenvalue weighted by Gasteiger charge is -2.23. The van der Waals surface area contributed by atoms with Crippen molar-refractivity contribution in [2.45, 2.75) is 40.2 Å². The van der Waals surface area contributed by atoms with Crippen molar-refractivity contribution in [2.24, 2.45) is 5.92 Å². The van der Waals surface area contributed by atoms with Crippen molar-refractivity contribution >= 4 is 5.69 Å². The van der Waals surface area contributed by atoms with E-state index in [0.717, 1.165) is 6.42 Å². The molecule has 0 aromatic heterocycles. The molecule has 2 rings (SSSR count). The zero-order valence-corrected chi connectivity index (χ0v) is 13.0. The topological polar surface area (TPSA) is 12.0 Å². The fourth-order valence-electron chi connectivity index (χ4n) is 2.47. The van der Waals surface area contributed by atoms with Crippen LogP contribution in [-0.2, 0) is 0 Å². The minimum absolute atomic E-state index is 0.373. The molecule has 1 N–H and O–H groups in total. The second-order valence-electron chi connectivity index (χ2n) is 6.04. The lowest BCUT2D eigenvalue weighted by atomic mass is 9.96. The van der Waals surface area contributed by atoms with Gasteiger partial charge >= 0.3 is 0 Å². The molecule has 0 aliphatic heterocycles. The van der Waals surface area contributed by atoms with Gasteiger partial charge in [-0.2, -0.15) is 0 Å². The summed E-state index contributed by atoms with van der Waals surface area (Å²) >= 11 is 0. The summed E-state index contributed by atoms with van der Waals surface area (Å²) in [4.78, 5) is 0. The lowest BCUT2D eigenvalue weighted by molar-refractivity contribution is 0.531. The van der Waals surface area contributed by atoms with E-state index in [-0.39, 0.29) is 0 Å². The monoisotopic (exact) mass is 267 g/mol. The molecule has 106 valence electrons. The maximum absolute atomic E-state index is 3.69. The molecule has 0 amide bonds. The van der Waals surface area contributed by atoms with Crippen molar-refractivity contribution in [3.63, 3.8) is 0 Å². The highest BCUT2D eigenvalue weighted by atomic mass is 14.9. The Morgan fingerprint density at radius 3 is 2.20 bits per heavy atom. The van der Waals surface area contributed by atoms with Gasteiger partial charge in [-0.3, -0.25) is 0 Å². The Hall–Kier alpha value is -1.76. The van der Waals surface area contributed by atoms with Gasteiger partial charge in [-0.05, 0) is 55.0 Å². The molecule has 0 aliphatic carbocycles. The molecule has 0 saturated heterocycles. The van der Waals surface area contributed by atoms with Gasteiger partial charge in [0, 0.05) is 5.69 Å². The first-order valence-electron chi connectivity index (χ1n) is 7.45. The minimum Gasteiger partial charge on any atom is -0.378 e. The van der Waals surface area contributed by atoms with Crippen molar-refractivity contribution in [2.75, 3.05) is 5.32 Å². The normalized spacial score (nSPS) is 12.4. The van der Waals surface area contributed by atoms with Crippen LogP contribution >= 0.6 is 0 Å². The summed E-state index contributed by atoms with van der Waals surface area (Å²) in [5.41, 5.74) is 5.25. The molecule has 1 unspecified atom stereocenters. The van der Waals surface area contributed by atoms with Gasteiger partial charge in [-0.1, -0.05) is 50.2 Å². The molecule has 0 fully saturated rings. The first-order valence-corrected chi connectivity index (χ1v) is 7.45. The van der Waals surface area contributed by atoms with Gasteiger partial charge < -0.3 is 5.32 Å². The average Bonchev–Trinajstić information content (AvgIpc) is 2.43. The molecule has 1 heteroatoms. The molecule has 2 aromatic carbocycles. The zero-order valence-electron chi connectivity index (χ0n) is 13.0. The predicted molar refractivity (Wildman–Crippen MR) is 88.2 cm³/mol. The maximum atomic E-state index is 3.69. The minimum atomic E-state index is 0.373. The van der Waals surface area contributed by atoms with E-state index < -0.39 is 0 Å². The van der Waals surface area contributed by atoms with E-state index in [1.54, 1.807) is 0 Å². The van der Waals surface area contributed by atoms with E-state index in [2.05, 4.69) is 81.5 Å². The third-order valence-corrected chi connectivity index (χ3v) is 3.76. The second-order valence-corrected chi connectivity index (χ2v) is 6.04. The summed E-state index contributed by atoms with van der Waals surface area (Å²) in [6.07, 6.45) is 1.14. The Morgan fingerprint density at radius 1 is 0.900 bits per heavy atom. The molecule has 0 saturated carbocycles. The number of aryl methyl sites for hydroxylation is 2. The van der Waals surface area contributed by atoms with Crippen molar-refractivity contribution < 1.29 is 0 Å². The molecule has 0 radical (unpaired) electrons. The number of benzene rings is 2. The van der Waals surface area contributed by atoms with Crippen molar-refractivity contribution in [3.05, 3.63) is 65.2 Å². The third kappa shape index (κ3) is 3.86. The summed E-state index contributed by atoms with van der Waals surface area (Å²) in [6, 6.07) is 17.7. The van der Waals surface area contributed by atoms with Crippen molar-refractivity contribution in [1.82, 2.24) is 0 Å². The smallest absolute Gasteiger partial charge is 0.0516 e. The van der Waals surface area contributed by atoms with Crippen LogP contribution in [0.2, 0.25) is 0 Å². The Labute approximate surface area is 123 Å². The van der Waals surface area contributed by atoms with E-state index in [1.807, 2.05) is 0 Å². The van der Waals surface area contributed by atoms with Crippen molar-refractivity contribution in [1.29, 1.82) is 0 Å². The number of nitrogens with one attached hydrogen (secondary N) is 1. The maximum Gasteiger partial charge on any atom is 0.0516 e. The fraction of sp³-hybridized carbons (Fsp3) is 0.368. The van der Waals surface area contributed by atoms with Gasteiger partial charge in [0.15, 0.2) is 0 Å². The Bertz CT molecular complexity index is 543. The first kappa shape index (κ1) is 14.6. The summed E-state index contributed by atoms with van der Waals surface area (Å²) in [5, 5.41) is 3.69. The summed E-state index contributed by atoms with van der Waals surface area (Å²) in [7, 11) is 0. The molecule has 1 atom stereocenters. The summed E-state index contributed by atoms with van der Waals surface area (Å²) in [6.45, 7) is 8.87. The van der Waals surface area contributed by atoms with Crippen molar-refractivity contribution in [3.8, 4) is 0 Å². The Balaban J connectivity index is 2.21. The van der Waals surface area contributed by atoms with Crippen LogP contribution in [0.4, 0.5) is 5.69 Å². The highest BCUT2D eigenvalue weighted by Crippen LogP contribution is 2.26. The standard InChI is InChI=1S/C19H25N/c1-14(2)12-19(17-8-6-5-7-9-17)20-18-11-10-15(3)16(4)13-18/h5-11,13-14,19-20H,12H2,1-4H3. The molecule has 1 nitrogen and oxygen atoms in total. The van der Waals surface area contributed by atoms with Crippen LogP contribution in [0.15, 0.2) is 48.5 Å². The molecule has 0 aliphatic rings. The van der Waals surface area contributed by atoms with Gasteiger partial charge in [0.05, 0.1) is 6.04 Å². The van der Waals surface area contributed by atoms with Gasteiger partial charge in [0.2, 0.25) is 0 Å². The van der Waals surface area contributed by atoms with Crippen LogP contribution in [0.5, 0.6) is 0 Å². The van der Waals surface area contributed by atoms with Gasteiger partial charge in [0.25, 0.3) is 0 Å². The molecule has 2 aromatic rings. The number of anilines is 1. The van der Waals surface area contributed by atoms with Gasteiger partial charge in [0.1, 0.15) is 0 Å². The quantitative estimate of drug-likeness (QED) is 0.754. The Morgan fingerprint density at radius 2 is 1.60 bits per heavy atom. The largest absolute Gasteiger partial charge is 0.378 e. The molecule has 0 bridgehead atoms. The van der Waals surface area contributed by atoms with Gasteiger partial charge in [-0.25, -0.2) is 0 Å². The number of rotatable bonds is 5. The van der Waals surface area contributed by atoms with E-state index >= 15 is 0 Å². The van der Waals surface area contributed by atoms with E-state index in [9.17, 15) is 0 Å². The molecule has 0 heterocycles.